The largest absolute Gasteiger partial charge is 0.573 e. The maximum Gasteiger partial charge on any atom is 0.573 e. The van der Waals surface area contributed by atoms with Gasteiger partial charge in [0.1, 0.15) is 11.6 Å². The van der Waals surface area contributed by atoms with Gasteiger partial charge in [-0.1, -0.05) is 12.1 Å². The summed E-state index contributed by atoms with van der Waals surface area (Å²) in [5, 5.41) is 5.59. The van der Waals surface area contributed by atoms with E-state index in [0.717, 1.165) is 42.0 Å². The van der Waals surface area contributed by atoms with Crippen molar-refractivity contribution in [3.05, 3.63) is 54.4 Å². The molecule has 3 aromatic rings. The monoisotopic (exact) mass is 469 g/mol. The molecular formula is C21H23ClF3N5O2. The molecule has 0 saturated carbocycles. The Morgan fingerprint density at radius 1 is 1.19 bits per heavy atom. The smallest absolute Gasteiger partial charge is 0.406 e. The molecule has 0 unspecified atom stereocenters. The summed E-state index contributed by atoms with van der Waals surface area (Å²) in [7, 11) is 2.03. The Morgan fingerprint density at radius 2 is 1.91 bits per heavy atom. The molecule has 11 heteroatoms. The van der Waals surface area contributed by atoms with Crippen molar-refractivity contribution in [1.29, 1.82) is 0 Å². The van der Waals surface area contributed by atoms with Gasteiger partial charge in [-0.3, -0.25) is 4.90 Å². The zero-order valence-electron chi connectivity index (χ0n) is 17.1. The second kappa shape index (κ2) is 9.66. The van der Waals surface area contributed by atoms with Gasteiger partial charge < -0.3 is 20.4 Å². The molecule has 1 aromatic heterocycles. The van der Waals surface area contributed by atoms with Gasteiger partial charge in [0.2, 0.25) is 0 Å². The number of H-pyrrole nitrogens is 1. The zero-order valence-corrected chi connectivity index (χ0v) is 18.0. The number of aromatic amines is 1. The fourth-order valence-electron chi connectivity index (χ4n) is 3.76. The van der Waals surface area contributed by atoms with E-state index in [9.17, 15) is 18.0 Å². The molecule has 2 atom stereocenters. The number of anilines is 1. The number of ether oxygens (including phenoxy) is 1. The van der Waals surface area contributed by atoms with E-state index in [2.05, 4.69) is 30.2 Å². The van der Waals surface area contributed by atoms with Gasteiger partial charge in [0.15, 0.2) is 0 Å². The molecule has 2 amide bonds. The number of piperidine rings is 1. The highest BCUT2D eigenvalue weighted by atomic mass is 35.5. The van der Waals surface area contributed by atoms with Crippen molar-refractivity contribution in [2.24, 2.45) is 0 Å². The lowest BCUT2D eigenvalue weighted by atomic mass is 9.97. The lowest BCUT2D eigenvalue weighted by molar-refractivity contribution is -0.274. The van der Waals surface area contributed by atoms with Gasteiger partial charge in [0.25, 0.3) is 0 Å². The number of para-hydroxylation sites is 2. The van der Waals surface area contributed by atoms with Crippen LogP contribution in [0.4, 0.5) is 23.7 Å². The molecule has 32 heavy (non-hydrogen) atoms. The SMILES string of the molecule is CN1CC[C@@H](NC(=O)Nc2ccc(OC(F)(F)F)cc2)C[C@@H]1c1nc2ccccc2[nH]1.Cl. The van der Waals surface area contributed by atoms with Gasteiger partial charge in [0, 0.05) is 18.3 Å². The number of hydrogen-bond donors (Lipinski definition) is 3. The number of fused-ring (bicyclic) bond motifs is 1. The number of halogens is 4. The van der Waals surface area contributed by atoms with Crippen LogP contribution < -0.4 is 15.4 Å². The van der Waals surface area contributed by atoms with Crippen molar-refractivity contribution in [3.63, 3.8) is 0 Å². The summed E-state index contributed by atoms with van der Waals surface area (Å²) in [6.45, 7) is 0.788. The third kappa shape index (κ3) is 5.83. The van der Waals surface area contributed by atoms with Crippen molar-refractivity contribution >= 4 is 35.2 Å². The molecular weight excluding hydrogens is 447 g/mol. The highest BCUT2D eigenvalue weighted by Crippen LogP contribution is 2.29. The Hall–Kier alpha value is -2.98. The fourth-order valence-corrected chi connectivity index (χ4v) is 3.76. The normalized spacial score (nSPS) is 19.2. The Bertz CT molecular complexity index is 1020. The molecule has 7 nitrogen and oxygen atoms in total. The minimum Gasteiger partial charge on any atom is -0.406 e. The van der Waals surface area contributed by atoms with E-state index in [1.54, 1.807) is 0 Å². The number of amides is 2. The molecule has 4 rings (SSSR count). The number of carbonyl (C=O) groups is 1. The van der Waals surface area contributed by atoms with E-state index >= 15 is 0 Å². The molecule has 2 heterocycles. The predicted molar refractivity (Wildman–Crippen MR) is 117 cm³/mol. The average molecular weight is 470 g/mol. The number of alkyl halides is 3. The van der Waals surface area contributed by atoms with E-state index in [1.165, 1.54) is 12.1 Å². The van der Waals surface area contributed by atoms with Crippen molar-refractivity contribution < 1.29 is 22.7 Å². The predicted octanol–water partition coefficient (Wildman–Crippen LogP) is 4.84. The van der Waals surface area contributed by atoms with Crippen LogP contribution in [0.5, 0.6) is 5.75 Å². The summed E-state index contributed by atoms with van der Waals surface area (Å²) in [4.78, 5) is 22.6. The van der Waals surface area contributed by atoms with Gasteiger partial charge in [-0.15, -0.1) is 25.6 Å². The Kier molecular flexibility index (Phi) is 7.15. The number of likely N-dealkylation sites (tertiary alicyclic amines) is 1. The van der Waals surface area contributed by atoms with Gasteiger partial charge in [-0.2, -0.15) is 0 Å². The molecule has 1 aliphatic heterocycles. The van der Waals surface area contributed by atoms with Gasteiger partial charge in [-0.25, -0.2) is 9.78 Å². The van der Waals surface area contributed by atoms with Crippen LogP contribution in [-0.2, 0) is 0 Å². The highest BCUT2D eigenvalue weighted by molar-refractivity contribution is 5.89. The average Bonchev–Trinajstić information content (AvgIpc) is 3.14. The zero-order chi connectivity index (χ0) is 22.0. The topological polar surface area (TPSA) is 82.3 Å². The molecule has 0 bridgehead atoms. The Labute approximate surface area is 188 Å². The standard InChI is InChI=1S/C21H22F3N5O2.ClH/c1-29-11-10-14(12-18(29)19-27-16-4-2-3-5-17(16)28-19)26-20(30)25-13-6-8-15(9-7-13)31-21(22,23)24;/h2-9,14,18H,10-12H2,1H3,(H,27,28)(H2,25,26,30);1H/t14-,18-;/m1./s1. The molecule has 0 spiro atoms. The van der Waals surface area contributed by atoms with Crippen LogP contribution in [0.15, 0.2) is 48.5 Å². The maximum absolute atomic E-state index is 12.4. The number of aromatic nitrogens is 2. The van der Waals surface area contributed by atoms with E-state index < -0.39 is 12.4 Å². The quantitative estimate of drug-likeness (QED) is 0.510. The molecule has 1 saturated heterocycles. The van der Waals surface area contributed by atoms with Crippen molar-refractivity contribution in [3.8, 4) is 5.75 Å². The van der Waals surface area contributed by atoms with Crippen LogP contribution >= 0.6 is 12.4 Å². The molecule has 0 aliphatic carbocycles. The molecule has 2 aromatic carbocycles. The van der Waals surface area contributed by atoms with Gasteiger partial charge >= 0.3 is 12.4 Å². The van der Waals surface area contributed by atoms with Crippen LogP contribution in [0.25, 0.3) is 11.0 Å². The van der Waals surface area contributed by atoms with Crippen molar-refractivity contribution in [2.75, 3.05) is 18.9 Å². The van der Waals surface area contributed by atoms with E-state index in [-0.39, 0.29) is 30.2 Å². The van der Waals surface area contributed by atoms with E-state index in [1.807, 2.05) is 31.3 Å². The molecule has 1 aliphatic rings. The number of imidazole rings is 1. The number of carbonyl (C=O) groups excluding carboxylic acids is 1. The first-order chi connectivity index (χ1) is 14.8. The van der Waals surface area contributed by atoms with Crippen LogP contribution in [0.2, 0.25) is 0 Å². The summed E-state index contributed by atoms with van der Waals surface area (Å²) in [6.07, 6.45) is -3.29. The van der Waals surface area contributed by atoms with Crippen molar-refractivity contribution in [1.82, 2.24) is 20.2 Å². The summed E-state index contributed by atoms with van der Waals surface area (Å²) in [5.74, 6) is 0.512. The maximum atomic E-state index is 12.4. The van der Waals surface area contributed by atoms with Crippen LogP contribution in [0.3, 0.4) is 0 Å². The molecule has 3 N–H and O–H groups in total. The highest BCUT2D eigenvalue weighted by Gasteiger charge is 2.31. The fraction of sp³-hybridized carbons (Fsp3) is 0.333. The summed E-state index contributed by atoms with van der Waals surface area (Å²) in [5.41, 5.74) is 2.24. The van der Waals surface area contributed by atoms with E-state index in [0.29, 0.717) is 12.1 Å². The number of rotatable bonds is 4. The first-order valence-electron chi connectivity index (χ1n) is 9.85. The summed E-state index contributed by atoms with van der Waals surface area (Å²) in [6, 6.07) is 12.4. The minimum atomic E-state index is -4.75. The van der Waals surface area contributed by atoms with Gasteiger partial charge in [0.05, 0.1) is 17.1 Å². The Morgan fingerprint density at radius 3 is 2.59 bits per heavy atom. The molecule has 0 radical (unpaired) electrons. The Balaban J connectivity index is 0.00000289. The minimum absolute atomic E-state index is 0. The lowest BCUT2D eigenvalue weighted by Crippen LogP contribution is -2.46. The number of nitrogens with zero attached hydrogens (tertiary/aromatic N) is 2. The molecule has 172 valence electrons. The van der Waals surface area contributed by atoms with Crippen molar-refractivity contribution in [2.45, 2.75) is 31.3 Å². The summed E-state index contributed by atoms with van der Waals surface area (Å²) < 4.78 is 40.6. The second-order valence-electron chi connectivity index (χ2n) is 7.53. The first kappa shape index (κ1) is 23.7. The first-order valence-corrected chi connectivity index (χ1v) is 9.85. The third-order valence-corrected chi connectivity index (χ3v) is 5.27. The number of urea groups is 1. The lowest BCUT2D eigenvalue weighted by Gasteiger charge is -2.36. The number of benzene rings is 2. The number of hydrogen-bond acceptors (Lipinski definition) is 4. The van der Waals surface area contributed by atoms with Gasteiger partial charge in [-0.05, 0) is 56.3 Å². The molecule has 1 fully saturated rings. The third-order valence-electron chi connectivity index (χ3n) is 5.27. The second-order valence-corrected chi connectivity index (χ2v) is 7.53. The van der Waals surface area contributed by atoms with E-state index in [4.69, 9.17) is 0 Å². The van der Waals surface area contributed by atoms with Crippen LogP contribution in [0.1, 0.15) is 24.7 Å². The van der Waals surface area contributed by atoms with Crippen LogP contribution in [0, 0.1) is 0 Å². The number of nitrogens with one attached hydrogen (secondary N) is 3. The van der Waals surface area contributed by atoms with Crippen LogP contribution in [-0.4, -0.2) is 46.9 Å². The summed E-state index contributed by atoms with van der Waals surface area (Å²) >= 11 is 0.